The first kappa shape index (κ1) is 23.6. The van der Waals surface area contributed by atoms with Crippen molar-refractivity contribution < 1.29 is 4.39 Å². The summed E-state index contributed by atoms with van der Waals surface area (Å²) in [5.41, 5.74) is 11.1. The molecule has 0 bridgehead atoms. The Labute approximate surface area is 194 Å². The highest BCUT2D eigenvalue weighted by Gasteiger charge is 2.19. The molecule has 0 spiro atoms. The third-order valence-corrected chi connectivity index (χ3v) is 5.29. The van der Waals surface area contributed by atoms with Gasteiger partial charge in [-0.3, -0.25) is 9.36 Å². The fraction of sp³-hybridized carbons (Fsp3) is 0.174. The number of halogens is 2. The Morgan fingerprint density at radius 3 is 2.55 bits per heavy atom. The average Bonchev–Trinajstić information content (AvgIpc) is 2.79. The number of aromatic nitrogens is 4. The standard InChI is InChI=1S/C18H16ClFN2O.C5H5N5/c1-3-11(2)17-21-14-9-6-7-12(19)16(14)18(23)22(17)15-10-5-4-8-13(15)20;6-1-3-2-9-5(8)10-4(3)7/h4-11H,3H2,1-2H3;2H,(H4,7,8,9,10). The van der Waals surface area contributed by atoms with Gasteiger partial charge in [0.25, 0.3) is 5.56 Å². The van der Waals surface area contributed by atoms with Gasteiger partial charge in [0.2, 0.25) is 5.95 Å². The summed E-state index contributed by atoms with van der Waals surface area (Å²) >= 11 is 6.18. The zero-order chi connectivity index (χ0) is 24.1. The third kappa shape index (κ3) is 4.91. The van der Waals surface area contributed by atoms with E-state index in [9.17, 15) is 9.18 Å². The molecule has 168 valence electrons. The molecule has 8 nitrogen and oxygen atoms in total. The number of rotatable bonds is 3. The minimum atomic E-state index is -0.465. The number of hydrogen-bond acceptors (Lipinski definition) is 7. The van der Waals surface area contributed by atoms with E-state index in [1.54, 1.807) is 36.4 Å². The van der Waals surface area contributed by atoms with Gasteiger partial charge in [-0.15, -0.1) is 0 Å². The van der Waals surface area contributed by atoms with Gasteiger partial charge >= 0.3 is 0 Å². The molecule has 1 atom stereocenters. The maximum Gasteiger partial charge on any atom is 0.267 e. The molecule has 0 saturated heterocycles. The van der Waals surface area contributed by atoms with Crippen LogP contribution >= 0.6 is 11.6 Å². The zero-order valence-electron chi connectivity index (χ0n) is 18.0. The van der Waals surface area contributed by atoms with Crippen molar-refractivity contribution in [1.29, 1.82) is 5.26 Å². The van der Waals surface area contributed by atoms with Gasteiger partial charge in [-0.1, -0.05) is 43.6 Å². The molecule has 2 aromatic heterocycles. The molecule has 4 N–H and O–H groups in total. The van der Waals surface area contributed by atoms with Gasteiger partial charge in [0.05, 0.1) is 27.8 Å². The van der Waals surface area contributed by atoms with Crippen LogP contribution < -0.4 is 17.0 Å². The van der Waals surface area contributed by atoms with E-state index in [2.05, 4.69) is 15.0 Å². The van der Waals surface area contributed by atoms with Crippen LogP contribution in [0.3, 0.4) is 0 Å². The van der Waals surface area contributed by atoms with Crippen LogP contribution in [0.1, 0.15) is 37.6 Å². The average molecular weight is 466 g/mol. The highest BCUT2D eigenvalue weighted by Crippen LogP contribution is 2.25. The Morgan fingerprint density at radius 2 is 1.91 bits per heavy atom. The second-order valence-corrected chi connectivity index (χ2v) is 7.55. The van der Waals surface area contributed by atoms with Crippen LogP contribution in [0.15, 0.2) is 53.5 Å². The van der Waals surface area contributed by atoms with Gasteiger partial charge in [0.15, 0.2) is 0 Å². The fourth-order valence-electron chi connectivity index (χ4n) is 3.08. The quantitative estimate of drug-likeness (QED) is 0.462. The van der Waals surface area contributed by atoms with E-state index in [0.29, 0.717) is 21.7 Å². The molecule has 0 aliphatic carbocycles. The van der Waals surface area contributed by atoms with Crippen LogP contribution in [0.25, 0.3) is 16.6 Å². The largest absolute Gasteiger partial charge is 0.382 e. The molecule has 0 aliphatic heterocycles. The van der Waals surface area contributed by atoms with Crippen molar-refractivity contribution in [3.63, 3.8) is 0 Å². The number of nitrogen functional groups attached to an aromatic ring is 2. The number of nitriles is 1. The van der Waals surface area contributed by atoms with Crippen molar-refractivity contribution in [2.75, 3.05) is 11.5 Å². The van der Waals surface area contributed by atoms with Crippen LogP contribution in [0.2, 0.25) is 5.02 Å². The number of benzene rings is 2. The van der Waals surface area contributed by atoms with Gasteiger partial charge in [0, 0.05) is 5.92 Å². The minimum Gasteiger partial charge on any atom is -0.382 e. The highest BCUT2D eigenvalue weighted by molar-refractivity contribution is 6.35. The molecule has 1 unspecified atom stereocenters. The van der Waals surface area contributed by atoms with E-state index >= 15 is 0 Å². The van der Waals surface area contributed by atoms with Crippen molar-refractivity contribution in [3.8, 4) is 11.8 Å². The molecule has 2 heterocycles. The summed E-state index contributed by atoms with van der Waals surface area (Å²) < 4.78 is 15.6. The summed E-state index contributed by atoms with van der Waals surface area (Å²) in [6.07, 6.45) is 2.07. The maximum absolute atomic E-state index is 14.3. The molecule has 4 aromatic rings. The maximum atomic E-state index is 14.3. The molecule has 0 fully saturated rings. The molecule has 2 aromatic carbocycles. The Hall–Kier alpha value is -4.03. The molecule has 10 heteroatoms. The second kappa shape index (κ2) is 10.1. The first-order chi connectivity index (χ1) is 15.8. The molecule has 0 radical (unpaired) electrons. The van der Waals surface area contributed by atoms with Crippen molar-refractivity contribution in [1.82, 2.24) is 19.5 Å². The SMILES string of the molecule is CCC(C)c1nc2cccc(Cl)c2c(=O)n1-c1ccccc1F.N#Cc1cnc(N)nc1N. The van der Waals surface area contributed by atoms with Crippen LogP contribution in [0, 0.1) is 17.1 Å². The van der Waals surface area contributed by atoms with Crippen molar-refractivity contribution in [3.05, 3.63) is 81.2 Å². The van der Waals surface area contributed by atoms with E-state index in [-0.39, 0.29) is 34.5 Å². The molecular formula is C23H21ClFN7O. The van der Waals surface area contributed by atoms with E-state index in [1.807, 2.05) is 19.9 Å². The van der Waals surface area contributed by atoms with Crippen LogP contribution in [0.5, 0.6) is 0 Å². The van der Waals surface area contributed by atoms with Crippen LogP contribution in [0.4, 0.5) is 16.2 Å². The van der Waals surface area contributed by atoms with Gasteiger partial charge in [0.1, 0.15) is 29.1 Å². The van der Waals surface area contributed by atoms with Gasteiger partial charge in [-0.2, -0.15) is 10.2 Å². The van der Waals surface area contributed by atoms with Gasteiger partial charge in [-0.05, 0) is 30.7 Å². The molecule has 0 aliphatic rings. The van der Waals surface area contributed by atoms with E-state index in [0.717, 1.165) is 6.42 Å². The number of para-hydroxylation sites is 1. The summed E-state index contributed by atoms with van der Waals surface area (Å²) in [5.74, 6) is 0.280. The van der Waals surface area contributed by atoms with Gasteiger partial charge < -0.3 is 11.5 Å². The topological polar surface area (TPSA) is 136 Å². The third-order valence-electron chi connectivity index (χ3n) is 4.98. The monoisotopic (exact) mass is 465 g/mol. The fourth-order valence-corrected chi connectivity index (χ4v) is 3.33. The Kier molecular flexibility index (Phi) is 7.20. The lowest BCUT2D eigenvalue weighted by molar-refractivity contribution is 0.596. The molecule has 0 amide bonds. The summed E-state index contributed by atoms with van der Waals surface area (Å²) in [7, 11) is 0. The molecule has 0 saturated carbocycles. The predicted octanol–water partition coefficient (Wildman–Crippen LogP) is 4.20. The summed E-state index contributed by atoms with van der Waals surface area (Å²) in [4.78, 5) is 24.8. The first-order valence-corrected chi connectivity index (χ1v) is 10.4. The molecule has 4 rings (SSSR count). The van der Waals surface area contributed by atoms with Gasteiger partial charge in [-0.25, -0.2) is 14.4 Å². The molecular weight excluding hydrogens is 445 g/mol. The Bertz CT molecular complexity index is 1410. The highest BCUT2D eigenvalue weighted by atomic mass is 35.5. The molecule has 33 heavy (non-hydrogen) atoms. The number of nitrogens with two attached hydrogens (primary N) is 2. The zero-order valence-corrected chi connectivity index (χ0v) is 18.7. The van der Waals surface area contributed by atoms with E-state index in [4.69, 9.17) is 28.3 Å². The first-order valence-electron chi connectivity index (χ1n) is 10.0. The predicted molar refractivity (Wildman–Crippen MR) is 127 cm³/mol. The lowest BCUT2D eigenvalue weighted by atomic mass is 10.1. The smallest absolute Gasteiger partial charge is 0.267 e. The number of fused-ring (bicyclic) bond motifs is 1. The number of anilines is 2. The normalized spacial score (nSPS) is 11.4. The van der Waals surface area contributed by atoms with E-state index in [1.165, 1.54) is 16.8 Å². The van der Waals surface area contributed by atoms with Crippen molar-refractivity contribution >= 4 is 34.3 Å². The van der Waals surface area contributed by atoms with E-state index < -0.39 is 5.82 Å². The Balaban J connectivity index is 0.000000257. The lowest BCUT2D eigenvalue weighted by Crippen LogP contribution is -2.26. The number of hydrogen-bond donors (Lipinski definition) is 2. The number of nitrogens with zero attached hydrogens (tertiary/aromatic N) is 5. The van der Waals surface area contributed by atoms with Crippen molar-refractivity contribution in [2.45, 2.75) is 26.2 Å². The Morgan fingerprint density at radius 1 is 1.18 bits per heavy atom. The summed E-state index contributed by atoms with van der Waals surface area (Å²) in [6, 6.07) is 13.2. The van der Waals surface area contributed by atoms with Crippen molar-refractivity contribution in [2.24, 2.45) is 0 Å². The lowest BCUT2D eigenvalue weighted by Gasteiger charge is -2.18. The van der Waals surface area contributed by atoms with Crippen LogP contribution in [-0.2, 0) is 0 Å². The summed E-state index contributed by atoms with van der Waals surface area (Å²) in [6.45, 7) is 3.97. The minimum absolute atomic E-state index is 0.00527. The second-order valence-electron chi connectivity index (χ2n) is 7.14. The summed E-state index contributed by atoms with van der Waals surface area (Å²) in [5, 5.41) is 8.99. The van der Waals surface area contributed by atoms with Crippen LogP contribution in [-0.4, -0.2) is 19.5 Å².